The SMILES string of the molecule is CN(c1ccc(C#N)cc1)c1cc(C(=O)O)c(N)cc1F. The van der Waals surface area contributed by atoms with Gasteiger partial charge in [-0.1, -0.05) is 0 Å². The number of rotatable bonds is 3. The molecule has 0 aliphatic rings. The summed E-state index contributed by atoms with van der Waals surface area (Å²) in [5, 5.41) is 17.8. The second-order valence-corrected chi connectivity index (χ2v) is 4.41. The van der Waals surface area contributed by atoms with Crippen LogP contribution in [0.5, 0.6) is 0 Å². The number of nitrogen functional groups attached to an aromatic ring is 1. The minimum absolute atomic E-state index is 0.0892. The van der Waals surface area contributed by atoms with Crippen LogP contribution in [0.3, 0.4) is 0 Å². The third-order valence-electron chi connectivity index (χ3n) is 3.09. The number of nitrogens with zero attached hydrogens (tertiary/aromatic N) is 2. The van der Waals surface area contributed by atoms with Crippen LogP contribution in [0, 0.1) is 17.1 Å². The van der Waals surface area contributed by atoms with Gasteiger partial charge in [-0.05, 0) is 36.4 Å². The topological polar surface area (TPSA) is 90.3 Å². The van der Waals surface area contributed by atoms with Crippen LogP contribution in [-0.2, 0) is 0 Å². The van der Waals surface area contributed by atoms with Crippen molar-refractivity contribution in [3.63, 3.8) is 0 Å². The van der Waals surface area contributed by atoms with E-state index in [-0.39, 0.29) is 16.9 Å². The summed E-state index contributed by atoms with van der Waals surface area (Å²) >= 11 is 0. The van der Waals surface area contributed by atoms with Gasteiger partial charge in [0.25, 0.3) is 0 Å². The molecule has 2 rings (SSSR count). The Morgan fingerprint density at radius 2 is 1.95 bits per heavy atom. The van der Waals surface area contributed by atoms with Crippen molar-refractivity contribution in [2.24, 2.45) is 0 Å². The number of hydrogen-bond acceptors (Lipinski definition) is 4. The van der Waals surface area contributed by atoms with Gasteiger partial charge >= 0.3 is 5.97 Å². The summed E-state index contributed by atoms with van der Waals surface area (Å²) < 4.78 is 14.0. The van der Waals surface area contributed by atoms with Crippen molar-refractivity contribution < 1.29 is 14.3 Å². The van der Waals surface area contributed by atoms with Crippen molar-refractivity contribution >= 4 is 23.0 Å². The maximum absolute atomic E-state index is 14.0. The van der Waals surface area contributed by atoms with Crippen LogP contribution in [0.1, 0.15) is 15.9 Å². The van der Waals surface area contributed by atoms with Gasteiger partial charge in [0.15, 0.2) is 0 Å². The molecular formula is C15H12FN3O2. The molecule has 0 heterocycles. The fraction of sp³-hybridized carbons (Fsp3) is 0.0667. The van der Waals surface area contributed by atoms with Crippen LogP contribution >= 0.6 is 0 Å². The molecule has 106 valence electrons. The molecule has 2 aromatic rings. The molecule has 0 fully saturated rings. The zero-order valence-electron chi connectivity index (χ0n) is 11.2. The molecule has 5 nitrogen and oxygen atoms in total. The fourth-order valence-electron chi connectivity index (χ4n) is 1.92. The maximum Gasteiger partial charge on any atom is 0.337 e. The zero-order valence-corrected chi connectivity index (χ0v) is 11.2. The monoisotopic (exact) mass is 285 g/mol. The first-order chi connectivity index (χ1) is 9.93. The van der Waals surface area contributed by atoms with Gasteiger partial charge in [-0.2, -0.15) is 5.26 Å². The quantitative estimate of drug-likeness (QED) is 0.846. The van der Waals surface area contributed by atoms with E-state index in [2.05, 4.69) is 0 Å². The number of nitriles is 1. The van der Waals surface area contributed by atoms with Crippen LogP contribution in [0.15, 0.2) is 36.4 Å². The number of carboxylic acid groups (broad SMARTS) is 1. The Morgan fingerprint density at radius 1 is 1.33 bits per heavy atom. The number of halogens is 1. The Hall–Kier alpha value is -3.07. The van der Waals surface area contributed by atoms with E-state index in [1.54, 1.807) is 31.3 Å². The molecule has 6 heteroatoms. The van der Waals surface area contributed by atoms with Crippen LogP contribution in [-0.4, -0.2) is 18.1 Å². The molecule has 0 amide bonds. The van der Waals surface area contributed by atoms with E-state index in [1.807, 2.05) is 6.07 Å². The van der Waals surface area contributed by atoms with E-state index in [0.29, 0.717) is 11.3 Å². The minimum Gasteiger partial charge on any atom is -0.478 e. The van der Waals surface area contributed by atoms with Crippen molar-refractivity contribution in [2.45, 2.75) is 0 Å². The molecule has 0 aromatic heterocycles. The minimum atomic E-state index is -1.22. The van der Waals surface area contributed by atoms with Gasteiger partial charge in [0.1, 0.15) is 5.82 Å². The molecule has 3 N–H and O–H groups in total. The van der Waals surface area contributed by atoms with Gasteiger partial charge in [-0.25, -0.2) is 9.18 Å². The van der Waals surface area contributed by atoms with Crippen molar-refractivity contribution in [1.29, 1.82) is 5.26 Å². The molecule has 0 aliphatic heterocycles. The standard InChI is InChI=1S/C15H12FN3O2/c1-19(10-4-2-9(8-17)3-5-10)14-6-11(15(20)21)13(18)7-12(14)16/h2-7H,18H2,1H3,(H,20,21). The van der Waals surface area contributed by atoms with Gasteiger partial charge in [-0.15, -0.1) is 0 Å². The average molecular weight is 285 g/mol. The number of hydrogen-bond donors (Lipinski definition) is 2. The third kappa shape index (κ3) is 2.77. The zero-order chi connectivity index (χ0) is 15.6. The lowest BCUT2D eigenvalue weighted by atomic mass is 10.1. The summed E-state index contributed by atoms with van der Waals surface area (Å²) in [6.07, 6.45) is 0. The predicted octanol–water partition coefficient (Wildman–Crippen LogP) is 2.75. The van der Waals surface area contributed by atoms with Crippen molar-refractivity contribution in [1.82, 2.24) is 0 Å². The molecule has 0 radical (unpaired) electrons. The highest BCUT2D eigenvalue weighted by atomic mass is 19.1. The van der Waals surface area contributed by atoms with Gasteiger partial charge in [-0.3, -0.25) is 0 Å². The Balaban J connectivity index is 2.47. The first-order valence-electron chi connectivity index (χ1n) is 6.00. The molecule has 0 aliphatic carbocycles. The molecule has 0 saturated heterocycles. The molecule has 0 spiro atoms. The van der Waals surface area contributed by atoms with Gasteiger partial charge < -0.3 is 15.7 Å². The Kier molecular flexibility index (Phi) is 3.76. The summed E-state index contributed by atoms with van der Waals surface area (Å²) in [6, 6.07) is 10.6. The summed E-state index contributed by atoms with van der Waals surface area (Å²) in [6.45, 7) is 0. The Morgan fingerprint density at radius 3 is 2.48 bits per heavy atom. The van der Waals surface area contributed by atoms with E-state index in [0.717, 1.165) is 6.07 Å². The van der Waals surface area contributed by atoms with Gasteiger partial charge in [0.2, 0.25) is 0 Å². The van der Waals surface area contributed by atoms with E-state index in [9.17, 15) is 9.18 Å². The summed E-state index contributed by atoms with van der Waals surface area (Å²) in [4.78, 5) is 12.6. The first kappa shape index (κ1) is 14.3. The second-order valence-electron chi connectivity index (χ2n) is 4.41. The van der Waals surface area contributed by atoms with Gasteiger partial charge in [0.05, 0.1) is 22.9 Å². The summed E-state index contributed by atoms with van der Waals surface area (Å²) in [5.74, 6) is -1.84. The molecule has 0 saturated carbocycles. The molecular weight excluding hydrogens is 273 g/mol. The second kappa shape index (κ2) is 5.51. The van der Waals surface area contributed by atoms with Crippen molar-refractivity contribution in [3.05, 3.63) is 53.3 Å². The van der Waals surface area contributed by atoms with E-state index in [1.165, 1.54) is 11.0 Å². The lowest BCUT2D eigenvalue weighted by Gasteiger charge is -2.21. The molecule has 0 unspecified atom stereocenters. The highest BCUT2D eigenvalue weighted by Crippen LogP contribution is 2.30. The smallest absolute Gasteiger partial charge is 0.337 e. The maximum atomic E-state index is 14.0. The van der Waals surface area contributed by atoms with Crippen LogP contribution < -0.4 is 10.6 Å². The largest absolute Gasteiger partial charge is 0.478 e. The lowest BCUT2D eigenvalue weighted by Crippen LogP contribution is -2.13. The molecule has 2 aromatic carbocycles. The van der Waals surface area contributed by atoms with Gasteiger partial charge in [0, 0.05) is 18.4 Å². The highest BCUT2D eigenvalue weighted by Gasteiger charge is 2.16. The molecule has 21 heavy (non-hydrogen) atoms. The number of carbonyl (C=O) groups is 1. The highest BCUT2D eigenvalue weighted by molar-refractivity contribution is 5.95. The number of nitrogens with two attached hydrogens (primary N) is 1. The van der Waals surface area contributed by atoms with E-state index >= 15 is 0 Å². The Bertz CT molecular complexity index is 736. The number of carboxylic acids is 1. The van der Waals surface area contributed by atoms with Crippen molar-refractivity contribution in [3.8, 4) is 6.07 Å². The van der Waals surface area contributed by atoms with Crippen LogP contribution in [0.25, 0.3) is 0 Å². The number of aromatic carboxylic acids is 1. The average Bonchev–Trinajstić information content (AvgIpc) is 2.46. The summed E-state index contributed by atoms with van der Waals surface area (Å²) in [7, 11) is 1.60. The van der Waals surface area contributed by atoms with E-state index in [4.69, 9.17) is 16.1 Å². The fourth-order valence-corrected chi connectivity index (χ4v) is 1.92. The number of anilines is 3. The van der Waals surface area contributed by atoms with Crippen molar-refractivity contribution in [2.75, 3.05) is 17.7 Å². The first-order valence-corrected chi connectivity index (χ1v) is 6.00. The Labute approximate surface area is 120 Å². The van der Waals surface area contributed by atoms with Crippen LogP contribution in [0.2, 0.25) is 0 Å². The lowest BCUT2D eigenvalue weighted by molar-refractivity contribution is 0.0698. The molecule has 0 atom stereocenters. The third-order valence-corrected chi connectivity index (χ3v) is 3.09. The van der Waals surface area contributed by atoms with E-state index < -0.39 is 11.8 Å². The van der Waals surface area contributed by atoms with Crippen LogP contribution in [0.4, 0.5) is 21.5 Å². The predicted molar refractivity (Wildman–Crippen MR) is 77.0 cm³/mol. The molecule has 0 bridgehead atoms. The summed E-state index contributed by atoms with van der Waals surface area (Å²) in [5.41, 5.74) is 6.40. The number of benzene rings is 2. The normalized spacial score (nSPS) is 9.95.